The summed E-state index contributed by atoms with van der Waals surface area (Å²) in [6.45, 7) is 2.75. The Labute approximate surface area is 97.4 Å². The summed E-state index contributed by atoms with van der Waals surface area (Å²) in [5, 5.41) is 15.5. The molecule has 0 fully saturated rings. The average Bonchev–Trinajstić information content (AvgIpc) is 2.72. The average molecular weight is 251 g/mol. The molecule has 1 unspecified atom stereocenters. The highest BCUT2D eigenvalue weighted by molar-refractivity contribution is 5.03. The van der Waals surface area contributed by atoms with E-state index in [-0.39, 0.29) is 19.2 Å². The van der Waals surface area contributed by atoms with Gasteiger partial charge in [-0.2, -0.15) is 18.3 Å². The van der Waals surface area contributed by atoms with E-state index in [2.05, 4.69) is 10.4 Å². The van der Waals surface area contributed by atoms with Gasteiger partial charge in [0.05, 0.1) is 13.2 Å². The maximum absolute atomic E-state index is 12.3. The van der Waals surface area contributed by atoms with Gasteiger partial charge in [0.15, 0.2) is 5.69 Å². The zero-order valence-electron chi connectivity index (χ0n) is 9.54. The molecule has 0 aliphatic carbocycles. The maximum atomic E-state index is 12.3. The Morgan fingerprint density at radius 1 is 1.53 bits per heavy atom. The SMILES string of the molecule is CCCNC(CO)Cn1ccc(C(F)(F)F)n1. The molecular formula is C10H16F3N3O. The van der Waals surface area contributed by atoms with Gasteiger partial charge in [0, 0.05) is 12.2 Å². The first-order chi connectivity index (χ1) is 7.97. The van der Waals surface area contributed by atoms with Gasteiger partial charge in [-0.25, -0.2) is 0 Å². The van der Waals surface area contributed by atoms with E-state index in [4.69, 9.17) is 5.11 Å². The molecule has 1 rings (SSSR count). The van der Waals surface area contributed by atoms with Crippen LogP contribution in [0.2, 0.25) is 0 Å². The monoisotopic (exact) mass is 251 g/mol. The zero-order chi connectivity index (χ0) is 12.9. The van der Waals surface area contributed by atoms with Crippen molar-refractivity contribution in [2.75, 3.05) is 13.2 Å². The van der Waals surface area contributed by atoms with Crippen LogP contribution in [0.5, 0.6) is 0 Å². The van der Waals surface area contributed by atoms with Crippen molar-refractivity contribution in [1.82, 2.24) is 15.1 Å². The van der Waals surface area contributed by atoms with Gasteiger partial charge in [0.2, 0.25) is 0 Å². The standard InChI is InChI=1S/C10H16F3N3O/c1-2-4-14-8(7-17)6-16-5-3-9(15-16)10(11,12)13/h3,5,8,14,17H,2,4,6-7H2,1H3. The highest BCUT2D eigenvalue weighted by Crippen LogP contribution is 2.27. The first kappa shape index (κ1) is 14.0. The van der Waals surface area contributed by atoms with Gasteiger partial charge < -0.3 is 10.4 Å². The highest BCUT2D eigenvalue weighted by atomic mass is 19.4. The number of nitrogens with one attached hydrogen (secondary N) is 1. The molecule has 0 saturated heterocycles. The lowest BCUT2D eigenvalue weighted by molar-refractivity contribution is -0.141. The van der Waals surface area contributed by atoms with Crippen LogP contribution in [0.4, 0.5) is 13.2 Å². The van der Waals surface area contributed by atoms with Gasteiger partial charge in [-0.05, 0) is 19.0 Å². The van der Waals surface area contributed by atoms with Gasteiger partial charge in [0.25, 0.3) is 0 Å². The summed E-state index contributed by atoms with van der Waals surface area (Å²) in [7, 11) is 0. The molecular weight excluding hydrogens is 235 g/mol. The third-order valence-corrected chi connectivity index (χ3v) is 2.24. The first-order valence-corrected chi connectivity index (χ1v) is 5.42. The van der Waals surface area contributed by atoms with Gasteiger partial charge in [0.1, 0.15) is 0 Å². The fourth-order valence-electron chi connectivity index (χ4n) is 1.38. The molecule has 7 heteroatoms. The molecule has 1 heterocycles. The molecule has 0 aliphatic rings. The quantitative estimate of drug-likeness (QED) is 0.800. The van der Waals surface area contributed by atoms with Crippen molar-refractivity contribution in [3.63, 3.8) is 0 Å². The Kier molecular flexibility index (Phi) is 4.95. The molecule has 0 spiro atoms. The van der Waals surface area contributed by atoms with Crippen molar-refractivity contribution in [3.05, 3.63) is 18.0 Å². The predicted molar refractivity (Wildman–Crippen MR) is 56.4 cm³/mol. The minimum atomic E-state index is -4.42. The zero-order valence-corrected chi connectivity index (χ0v) is 9.54. The lowest BCUT2D eigenvalue weighted by Crippen LogP contribution is -2.37. The molecule has 1 atom stereocenters. The number of hydrogen-bond donors (Lipinski definition) is 2. The Hall–Kier alpha value is -1.08. The predicted octanol–water partition coefficient (Wildman–Crippen LogP) is 1.26. The fraction of sp³-hybridized carbons (Fsp3) is 0.700. The smallest absolute Gasteiger partial charge is 0.395 e. The minimum Gasteiger partial charge on any atom is -0.395 e. The number of aliphatic hydroxyl groups excluding tert-OH is 1. The van der Waals surface area contributed by atoms with Gasteiger partial charge in [-0.15, -0.1) is 0 Å². The summed E-state index contributed by atoms with van der Waals surface area (Å²) in [6.07, 6.45) is -2.26. The van der Waals surface area contributed by atoms with Crippen molar-refractivity contribution in [2.45, 2.75) is 32.1 Å². The van der Waals surface area contributed by atoms with Crippen LogP contribution in [0.15, 0.2) is 12.3 Å². The van der Waals surface area contributed by atoms with E-state index in [1.165, 1.54) is 10.9 Å². The van der Waals surface area contributed by atoms with Crippen molar-refractivity contribution < 1.29 is 18.3 Å². The molecule has 0 saturated carbocycles. The van der Waals surface area contributed by atoms with E-state index in [0.717, 1.165) is 12.5 Å². The lowest BCUT2D eigenvalue weighted by Gasteiger charge is -2.15. The molecule has 0 amide bonds. The fourth-order valence-corrected chi connectivity index (χ4v) is 1.38. The molecule has 17 heavy (non-hydrogen) atoms. The molecule has 4 nitrogen and oxygen atoms in total. The number of hydrogen-bond acceptors (Lipinski definition) is 3. The van der Waals surface area contributed by atoms with Crippen molar-refractivity contribution in [1.29, 1.82) is 0 Å². The molecule has 0 aromatic carbocycles. The number of aromatic nitrogens is 2. The second-order valence-corrected chi connectivity index (χ2v) is 3.75. The Morgan fingerprint density at radius 3 is 2.71 bits per heavy atom. The summed E-state index contributed by atoms with van der Waals surface area (Å²) in [4.78, 5) is 0. The van der Waals surface area contributed by atoms with Crippen LogP contribution in [0.3, 0.4) is 0 Å². The Bertz CT molecular complexity index is 338. The minimum absolute atomic E-state index is 0.138. The molecule has 2 N–H and O–H groups in total. The highest BCUT2D eigenvalue weighted by Gasteiger charge is 2.33. The van der Waals surface area contributed by atoms with Gasteiger partial charge >= 0.3 is 6.18 Å². The van der Waals surface area contributed by atoms with Crippen LogP contribution in [0.1, 0.15) is 19.0 Å². The summed E-state index contributed by atoms with van der Waals surface area (Å²) in [5.41, 5.74) is -0.912. The van der Waals surface area contributed by atoms with E-state index in [0.29, 0.717) is 6.54 Å². The number of alkyl halides is 3. The summed E-state index contributed by atoms with van der Waals surface area (Å²) in [6, 6.07) is 0.643. The first-order valence-electron chi connectivity index (χ1n) is 5.42. The number of rotatable bonds is 6. The molecule has 1 aromatic rings. The molecule has 0 aliphatic heterocycles. The van der Waals surface area contributed by atoms with E-state index in [1.54, 1.807) is 0 Å². The normalized spacial score (nSPS) is 13.9. The van der Waals surface area contributed by atoms with Crippen LogP contribution < -0.4 is 5.32 Å². The molecule has 98 valence electrons. The van der Waals surface area contributed by atoms with Gasteiger partial charge in [-0.3, -0.25) is 4.68 Å². The summed E-state index contributed by atoms with van der Waals surface area (Å²) < 4.78 is 38.0. The topological polar surface area (TPSA) is 50.1 Å². The number of halogens is 3. The second kappa shape index (κ2) is 6.02. The maximum Gasteiger partial charge on any atom is 0.435 e. The van der Waals surface area contributed by atoms with Crippen LogP contribution in [0, 0.1) is 0 Å². The van der Waals surface area contributed by atoms with Crippen LogP contribution in [-0.2, 0) is 12.7 Å². The molecule has 0 radical (unpaired) electrons. The van der Waals surface area contributed by atoms with Crippen LogP contribution >= 0.6 is 0 Å². The van der Waals surface area contributed by atoms with E-state index in [1.807, 2.05) is 6.92 Å². The van der Waals surface area contributed by atoms with Crippen molar-refractivity contribution in [2.24, 2.45) is 0 Å². The molecule has 1 aromatic heterocycles. The third kappa shape index (κ3) is 4.35. The van der Waals surface area contributed by atoms with E-state index >= 15 is 0 Å². The third-order valence-electron chi connectivity index (χ3n) is 2.24. The van der Waals surface area contributed by atoms with Crippen molar-refractivity contribution in [3.8, 4) is 0 Å². The largest absolute Gasteiger partial charge is 0.435 e. The Morgan fingerprint density at radius 2 is 2.24 bits per heavy atom. The van der Waals surface area contributed by atoms with E-state index in [9.17, 15) is 13.2 Å². The Balaban J connectivity index is 2.58. The van der Waals surface area contributed by atoms with Crippen molar-refractivity contribution >= 4 is 0 Å². The van der Waals surface area contributed by atoms with Crippen LogP contribution in [-0.4, -0.2) is 34.1 Å². The lowest BCUT2D eigenvalue weighted by atomic mass is 10.3. The van der Waals surface area contributed by atoms with Crippen LogP contribution in [0.25, 0.3) is 0 Å². The van der Waals surface area contributed by atoms with E-state index < -0.39 is 11.9 Å². The molecule has 0 bridgehead atoms. The summed E-state index contributed by atoms with van der Waals surface area (Å²) >= 11 is 0. The second-order valence-electron chi connectivity index (χ2n) is 3.75. The number of nitrogens with zero attached hydrogens (tertiary/aromatic N) is 2. The van der Waals surface area contributed by atoms with Gasteiger partial charge in [-0.1, -0.05) is 6.92 Å². The summed E-state index contributed by atoms with van der Waals surface area (Å²) in [5.74, 6) is 0. The number of aliphatic hydroxyl groups is 1.